The number of hydrogen-bond acceptors (Lipinski definition) is 2. The first kappa shape index (κ1) is 15.8. The number of allylic oxidation sites excluding steroid dienone is 2. The van der Waals surface area contributed by atoms with Crippen LogP contribution in [0.1, 0.15) is 18.9 Å². The van der Waals surface area contributed by atoms with Gasteiger partial charge in [0.25, 0.3) is 0 Å². The first-order valence-corrected chi connectivity index (χ1v) is 7.39. The monoisotopic (exact) mass is 311 g/mol. The fraction of sp³-hybridized carbons (Fsp3) is 0.250. The molecule has 0 atom stereocenters. The van der Waals surface area contributed by atoms with E-state index in [2.05, 4.69) is 13.2 Å². The maximum absolute atomic E-state index is 12.9. The first-order valence-electron chi connectivity index (χ1n) is 6.58. The van der Waals surface area contributed by atoms with E-state index in [4.69, 9.17) is 0 Å². The third-order valence-electron chi connectivity index (χ3n) is 3.17. The zero-order chi connectivity index (χ0) is 15.6. The molecule has 21 heavy (non-hydrogen) atoms. The molecule has 0 saturated heterocycles. The van der Waals surface area contributed by atoms with E-state index in [9.17, 15) is 13.2 Å². The maximum atomic E-state index is 12.9. The van der Waals surface area contributed by atoms with Gasteiger partial charge >= 0.3 is 6.18 Å². The second kappa shape index (κ2) is 6.02. The van der Waals surface area contributed by atoms with Gasteiger partial charge in [0.1, 0.15) is 0 Å². The fourth-order valence-electron chi connectivity index (χ4n) is 2.25. The second-order valence-corrected chi connectivity index (χ2v) is 5.68. The Kier molecular flexibility index (Phi) is 4.52. The Morgan fingerprint density at radius 2 is 1.95 bits per heavy atom. The van der Waals surface area contributed by atoms with Crippen molar-refractivity contribution in [3.05, 3.63) is 59.7 Å². The molecule has 2 rings (SSSR count). The Morgan fingerprint density at radius 3 is 2.48 bits per heavy atom. The van der Waals surface area contributed by atoms with E-state index >= 15 is 0 Å². The minimum absolute atomic E-state index is 0.581. The van der Waals surface area contributed by atoms with Gasteiger partial charge in [-0.15, -0.1) is 0 Å². The summed E-state index contributed by atoms with van der Waals surface area (Å²) in [5, 5.41) is 0. The van der Waals surface area contributed by atoms with Gasteiger partial charge in [0.15, 0.2) is 0 Å². The topological polar surface area (TPSA) is 3.24 Å². The molecular weight excluding hydrogens is 295 g/mol. The lowest BCUT2D eigenvalue weighted by Crippen LogP contribution is -2.26. The number of fused-ring (bicyclic) bond motifs is 1. The van der Waals surface area contributed by atoms with Crippen LogP contribution in [-0.4, -0.2) is 6.54 Å². The molecule has 0 fully saturated rings. The molecule has 0 aromatic heterocycles. The molecule has 0 unspecified atom stereocenters. The highest BCUT2D eigenvalue weighted by Gasteiger charge is 2.33. The lowest BCUT2D eigenvalue weighted by molar-refractivity contribution is -0.137. The van der Waals surface area contributed by atoms with Crippen LogP contribution in [0.15, 0.2) is 59.0 Å². The average Bonchev–Trinajstić information content (AvgIpc) is 2.45. The number of halogens is 3. The van der Waals surface area contributed by atoms with E-state index in [1.165, 1.54) is 23.9 Å². The van der Waals surface area contributed by atoms with Crippen LogP contribution in [0.25, 0.3) is 0 Å². The van der Waals surface area contributed by atoms with E-state index in [0.29, 0.717) is 12.2 Å². The predicted molar refractivity (Wildman–Crippen MR) is 82.4 cm³/mol. The highest BCUT2D eigenvalue weighted by Crippen LogP contribution is 2.46. The van der Waals surface area contributed by atoms with Gasteiger partial charge in [0.2, 0.25) is 0 Å². The first-order chi connectivity index (χ1) is 9.92. The standard InChI is InChI=1S/C16H16F3NS/c1-4-9-20-12(5-2)14(6-3)21-15-8-7-11(10-13(15)20)16(17,18)19/h5-8,10H,2-4,9H2,1H3. The molecule has 1 aromatic carbocycles. The van der Waals surface area contributed by atoms with Crippen molar-refractivity contribution in [2.24, 2.45) is 0 Å². The van der Waals surface area contributed by atoms with Crippen molar-refractivity contribution in [2.75, 3.05) is 11.4 Å². The minimum atomic E-state index is -4.34. The van der Waals surface area contributed by atoms with Crippen molar-refractivity contribution in [2.45, 2.75) is 24.4 Å². The zero-order valence-corrected chi connectivity index (χ0v) is 12.5. The van der Waals surface area contributed by atoms with Crippen molar-refractivity contribution >= 4 is 17.4 Å². The largest absolute Gasteiger partial charge is 0.416 e. The van der Waals surface area contributed by atoms with Gasteiger partial charge in [0.05, 0.1) is 16.9 Å². The molecule has 0 saturated carbocycles. The average molecular weight is 311 g/mol. The number of anilines is 1. The molecule has 5 heteroatoms. The van der Waals surface area contributed by atoms with Gasteiger partial charge in [0, 0.05) is 16.3 Å². The van der Waals surface area contributed by atoms with Gasteiger partial charge in [-0.25, -0.2) is 0 Å². The van der Waals surface area contributed by atoms with Crippen LogP contribution in [0.5, 0.6) is 0 Å². The highest BCUT2D eigenvalue weighted by molar-refractivity contribution is 8.03. The summed E-state index contributed by atoms with van der Waals surface area (Å²) in [5.41, 5.74) is 0.759. The van der Waals surface area contributed by atoms with Crippen LogP contribution in [-0.2, 0) is 6.18 Å². The fourth-order valence-corrected chi connectivity index (χ4v) is 3.27. The summed E-state index contributed by atoms with van der Waals surface area (Å²) in [6, 6.07) is 3.85. The van der Waals surface area contributed by atoms with Crippen molar-refractivity contribution in [3.8, 4) is 0 Å². The Labute approximate surface area is 126 Å². The molecule has 1 aromatic rings. The second-order valence-electron chi connectivity index (χ2n) is 4.59. The summed E-state index contributed by atoms with van der Waals surface area (Å²) in [5.74, 6) is 0. The summed E-state index contributed by atoms with van der Waals surface area (Å²) >= 11 is 1.42. The molecule has 0 aliphatic carbocycles. The molecule has 0 N–H and O–H groups in total. The van der Waals surface area contributed by atoms with E-state index in [-0.39, 0.29) is 0 Å². The van der Waals surface area contributed by atoms with Crippen LogP contribution < -0.4 is 4.90 Å². The number of benzene rings is 1. The van der Waals surface area contributed by atoms with Crippen LogP contribution in [0.3, 0.4) is 0 Å². The molecule has 0 spiro atoms. The third kappa shape index (κ3) is 3.02. The number of nitrogens with zero attached hydrogens (tertiary/aromatic N) is 1. The maximum Gasteiger partial charge on any atom is 0.416 e. The molecule has 1 aliphatic rings. The number of rotatable bonds is 4. The molecular formula is C16H16F3NS. The molecule has 0 bridgehead atoms. The molecule has 1 aliphatic heterocycles. The Balaban J connectivity index is 2.58. The van der Waals surface area contributed by atoms with Crippen molar-refractivity contribution in [3.63, 3.8) is 0 Å². The van der Waals surface area contributed by atoms with E-state index < -0.39 is 11.7 Å². The lowest BCUT2D eigenvalue weighted by Gasteiger charge is -2.33. The van der Waals surface area contributed by atoms with Gasteiger partial charge in [-0.1, -0.05) is 37.9 Å². The Bertz CT molecular complexity index is 602. The lowest BCUT2D eigenvalue weighted by atomic mass is 10.1. The molecule has 1 heterocycles. The summed E-state index contributed by atoms with van der Waals surface area (Å²) in [6.45, 7) is 10.2. The molecule has 0 amide bonds. The van der Waals surface area contributed by atoms with Crippen LogP contribution in [0.4, 0.5) is 18.9 Å². The third-order valence-corrected chi connectivity index (χ3v) is 4.33. The normalized spacial score (nSPS) is 15.0. The van der Waals surface area contributed by atoms with Crippen molar-refractivity contribution < 1.29 is 13.2 Å². The summed E-state index contributed by atoms with van der Waals surface area (Å²) in [6.07, 6.45) is -0.135. The quantitative estimate of drug-likeness (QED) is 0.711. The summed E-state index contributed by atoms with van der Waals surface area (Å²) in [4.78, 5) is 3.59. The molecule has 112 valence electrons. The van der Waals surface area contributed by atoms with Crippen LogP contribution >= 0.6 is 11.8 Å². The smallest absolute Gasteiger partial charge is 0.340 e. The van der Waals surface area contributed by atoms with E-state index in [1.807, 2.05) is 11.8 Å². The Morgan fingerprint density at radius 1 is 1.24 bits per heavy atom. The predicted octanol–water partition coefficient (Wildman–Crippen LogP) is 5.61. The molecule has 1 nitrogen and oxygen atoms in total. The van der Waals surface area contributed by atoms with Crippen LogP contribution in [0.2, 0.25) is 0 Å². The summed E-state index contributed by atoms with van der Waals surface area (Å²) < 4.78 is 38.8. The van der Waals surface area contributed by atoms with Gasteiger partial charge in [-0.2, -0.15) is 13.2 Å². The zero-order valence-electron chi connectivity index (χ0n) is 11.7. The molecule has 0 radical (unpaired) electrons. The van der Waals surface area contributed by atoms with E-state index in [1.54, 1.807) is 12.2 Å². The minimum Gasteiger partial charge on any atom is -0.340 e. The van der Waals surface area contributed by atoms with Gasteiger partial charge < -0.3 is 4.90 Å². The van der Waals surface area contributed by atoms with E-state index in [0.717, 1.165) is 28.0 Å². The number of alkyl halides is 3. The number of thioether (sulfide) groups is 1. The Hall–Kier alpha value is -1.62. The van der Waals surface area contributed by atoms with Crippen LogP contribution in [0, 0.1) is 0 Å². The van der Waals surface area contributed by atoms with Gasteiger partial charge in [-0.05, 0) is 30.7 Å². The highest BCUT2D eigenvalue weighted by atomic mass is 32.2. The number of hydrogen-bond donors (Lipinski definition) is 0. The van der Waals surface area contributed by atoms with Crippen molar-refractivity contribution in [1.29, 1.82) is 0 Å². The SMILES string of the molecule is C=CC1=C(C=C)N(CCC)c2cc(C(F)(F)F)ccc2S1. The van der Waals surface area contributed by atoms with Gasteiger partial charge in [-0.3, -0.25) is 0 Å². The van der Waals surface area contributed by atoms with Crippen molar-refractivity contribution in [1.82, 2.24) is 0 Å². The summed E-state index contributed by atoms with van der Waals surface area (Å²) in [7, 11) is 0.